The lowest BCUT2D eigenvalue weighted by Crippen LogP contribution is -2.35. The summed E-state index contributed by atoms with van der Waals surface area (Å²) in [7, 11) is -5.00. The van der Waals surface area contributed by atoms with Gasteiger partial charge in [-0.25, -0.2) is 40.3 Å². The van der Waals surface area contributed by atoms with Crippen LogP contribution in [0.15, 0.2) is 34.1 Å². The number of sulfonamides is 1. The molecular weight excluding hydrogens is 686 g/mol. The molecule has 0 heterocycles. The monoisotopic (exact) mass is 693 g/mol. The Morgan fingerprint density at radius 2 is 0.929 bits per heavy atom. The minimum Gasteiger partial charge on any atom is -0.478 e. The molecule has 0 bridgehead atoms. The number of halogens is 13. The summed E-state index contributed by atoms with van der Waals surface area (Å²) in [6.07, 6.45) is -12.4. The maximum Gasteiger partial charge on any atom is 0.458 e. The van der Waals surface area contributed by atoms with Crippen LogP contribution in [-0.2, 0) is 30.9 Å². The van der Waals surface area contributed by atoms with Crippen LogP contribution in [0, 0.1) is 11.6 Å². The van der Waals surface area contributed by atoms with E-state index in [-0.39, 0.29) is 12.1 Å². The molecule has 2 rings (SSSR count). The molecule has 4 N–H and O–H groups in total. The lowest BCUT2D eigenvalue weighted by molar-refractivity contribution is -0.289. The van der Waals surface area contributed by atoms with Crippen LogP contribution in [0.5, 0.6) is 0 Å². The van der Waals surface area contributed by atoms with E-state index >= 15 is 0 Å². The first-order chi connectivity index (χ1) is 18.4. The first kappa shape index (κ1) is 36.7. The van der Waals surface area contributed by atoms with Gasteiger partial charge in [-0.3, -0.25) is 0 Å². The second-order valence-electron chi connectivity index (χ2n) is 7.39. The molecule has 0 saturated carbocycles. The van der Waals surface area contributed by atoms with Crippen molar-refractivity contribution in [2.45, 2.75) is 34.0 Å². The Morgan fingerprint density at radius 3 is 1.17 bits per heavy atom. The van der Waals surface area contributed by atoms with Crippen molar-refractivity contribution in [1.82, 2.24) is 0 Å². The molecule has 0 atom stereocenters. The van der Waals surface area contributed by atoms with Crippen LogP contribution in [0.1, 0.15) is 31.8 Å². The van der Waals surface area contributed by atoms with Gasteiger partial charge in [0.25, 0.3) is 9.05 Å². The molecular formula is C18H8ClF12NO8S2. The Kier molecular flexibility index (Phi) is 9.97. The number of carboxylic acid groups (broad SMARTS) is 2. The number of carbonyl (C=O) groups is 2. The molecule has 0 amide bonds. The molecule has 0 radical (unpaired) electrons. The number of rotatable bonds is 6. The molecule has 0 spiro atoms. The number of alkyl halides is 10. The summed E-state index contributed by atoms with van der Waals surface area (Å²) in [5, 5.41) is 21.7. The van der Waals surface area contributed by atoms with Crippen LogP contribution in [0.3, 0.4) is 0 Å². The zero-order chi connectivity index (χ0) is 33.6. The standard InChI is InChI=1S/C9H3ClF6O4S.C9H5F6NO4S/c10-21(19,20)6-1-3(7(17)18)4(2-5(6)11)8(12,13)9(14,15)16;10-5-2-4(8(11,12)9(13,14)15)3(7(17)18)1-6(5)21(16,19)20/h1-2H,(H,17,18);1-2H,(H,17,18)(H2,16,19,20). The Bertz CT molecular complexity index is 1520. The molecule has 236 valence electrons. The van der Waals surface area contributed by atoms with Crippen molar-refractivity contribution < 1.29 is 89.3 Å². The van der Waals surface area contributed by atoms with Crippen LogP contribution < -0.4 is 5.14 Å². The van der Waals surface area contributed by atoms with Gasteiger partial charge in [-0.05, 0) is 24.3 Å². The van der Waals surface area contributed by atoms with Crippen molar-refractivity contribution in [3.63, 3.8) is 0 Å². The zero-order valence-corrected chi connectivity index (χ0v) is 21.3. The smallest absolute Gasteiger partial charge is 0.458 e. The Labute approximate surface area is 228 Å². The van der Waals surface area contributed by atoms with Crippen molar-refractivity contribution in [2.24, 2.45) is 5.14 Å². The van der Waals surface area contributed by atoms with Gasteiger partial charge in [0.1, 0.15) is 21.4 Å². The molecule has 42 heavy (non-hydrogen) atoms. The predicted molar refractivity (Wildman–Crippen MR) is 111 cm³/mol. The van der Waals surface area contributed by atoms with Crippen LogP contribution in [0.2, 0.25) is 0 Å². The summed E-state index contributed by atoms with van der Waals surface area (Å²) in [5.41, 5.74) is -7.93. The third kappa shape index (κ3) is 7.55. The van der Waals surface area contributed by atoms with Crippen molar-refractivity contribution in [2.75, 3.05) is 0 Å². The highest BCUT2D eigenvalue weighted by Gasteiger charge is 2.61. The molecule has 2 aromatic carbocycles. The summed E-state index contributed by atoms with van der Waals surface area (Å²) in [6, 6.07) is -1.43. The summed E-state index contributed by atoms with van der Waals surface area (Å²) in [6.45, 7) is 0. The first-order valence-corrected chi connectivity index (χ1v) is 13.3. The molecule has 2 aromatic rings. The minimum absolute atomic E-state index is 0.192. The van der Waals surface area contributed by atoms with E-state index in [1.165, 1.54) is 0 Å². The Hall–Kier alpha value is -3.31. The molecule has 0 aliphatic rings. The highest BCUT2D eigenvalue weighted by Crippen LogP contribution is 2.47. The number of benzene rings is 2. The fraction of sp³-hybridized carbons (Fsp3) is 0.222. The van der Waals surface area contributed by atoms with Crippen LogP contribution in [-0.4, -0.2) is 51.3 Å². The first-order valence-electron chi connectivity index (χ1n) is 9.40. The van der Waals surface area contributed by atoms with E-state index in [1.807, 2.05) is 0 Å². The SMILES string of the molecule is NS(=O)(=O)c1cc(C(=O)O)c(C(F)(F)C(F)(F)F)cc1F.O=C(O)c1cc(S(=O)(=O)Cl)c(F)cc1C(F)(F)C(F)(F)F. The van der Waals surface area contributed by atoms with E-state index in [4.69, 9.17) is 20.9 Å². The molecule has 0 aliphatic carbocycles. The molecule has 0 aliphatic heterocycles. The predicted octanol–water partition coefficient (Wildman–Crippen LogP) is 4.93. The van der Waals surface area contributed by atoms with Crippen LogP contribution >= 0.6 is 10.7 Å². The third-order valence-corrected chi connectivity index (χ3v) is 6.83. The fourth-order valence-corrected chi connectivity index (χ4v) is 4.21. The summed E-state index contributed by atoms with van der Waals surface area (Å²) in [4.78, 5) is 18.4. The van der Waals surface area contributed by atoms with E-state index in [0.717, 1.165) is 0 Å². The van der Waals surface area contributed by atoms with E-state index < -0.39 is 111 Å². The normalized spacial score (nSPS) is 13.3. The van der Waals surface area contributed by atoms with Gasteiger partial charge in [0.05, 0.1) is 11.1 Å². The van der Waals surface area contributed by atoms with E-state index in [0.29, 0.717) is 0 Å². The van der Waals surface area contributed by atoms with Crippen molar-refractivity contribution in [3.8, 4) is 0 Å². The van der Waals surface area contributed by atoms with Gasteiger partial charge in [-0.1, -0.05) is 0 Å². The van der Waals surface area contributed by atoms with Gasteiger partial charge in [0, 0.05) is 21.8 Å². The topological polar surface area (TPSA) is 169 Å². The number of aromatic carboxylic acids is 2. The number of nitrogens with two attached hydrogens (primary N) is 1. The van der Waals surface area contributed by atoms with Gasteiger partial charge in [-0.15, -0.1) is 0 Å². The van der Waals surface area contributed by atoms with Crippen molar-refractivity contribution >= 4 is 41.7 Å². The summed E-state index contributed by atoms with van der Waals surface area (Å²) >= 11 is 0. The Balaban J connectivity index is 0.000000420. The molecule has 24 heteroatoms. The van der Waals surface area contributed by atoms with E-state index in [2.05, 4.69) is 5.14 Å². The van der Waals surface area contributed by atoms with Gasteiger partial charge >= 0.3 is 36.1 Å². The highest BCUT2D eigenvalue weighted by atomic mass is 35.7. The summed E-state index contributed by atoms with van der Waals surface area (Å²) in [5.74, 6) is -20.1. The lowest BCUT2D eigenvalue weighted by Gasteiger charge is -2.22. The molecule has 0 fully saturated rings. The fourth-order valence-electron chi connectivity index (χ4n) is 2.69. The number of primary sulfonamides is 1. The molecule has 0 saturated heterocycles. The van der Waals surface area contributed by atoms with Crippen molar-refractivity contribution in [1.29, 1.82) is 0 Å². The van der Waals surface area contributed by atoms with Gasteiger partial charge in [0.15, 0.2) is 0 Å². The van der Waals surface area contributed by atoms with Crippen LogP contribution in [0.4, 0.5) is 52.7 Å². The molecule has 0 unspecified atom stereocenters. The van der Waals surface area contributed by atoms with Gasteiger partial charge in [-0.2, -0.15) is 43.9 Å². The number of hydrogen-bond donors (Lipinski definition) is 3. The number of hydrogen-bond acceptors (Lipinski definition) is 6. The minimum atomic E-state index is -6.20. The van der Waals surface area contributed by atoms with Gasteiger partial charge < -0.3 is 10.2 Å². The quantitative estimate of drug-likeness (QED) is 0.283. The van der Waals surface area contributed by atoms with Gasteiger partial charge in [0.2, 0.25) is 10.0 Å². The van der Waals surface area contributed by atoms with E-state index in [9.17, 15) is 79.1 Å². The maximum absolute atomic E-state index is 13.4. The van der Waals surface area contributed by atoms with Crippen molar-refractivity contribution in [3.05, 3.63) is 58.2 Å². The lowest BCUT2D eigenvalue weighted by atomic mass is 10.0. The average molecular weight is 694 g/mol. The largest absolute Gasteiger partial charge is 0.478 e. The second-order valence-corrected chi connectivity index (χ2v) is 11.5. The van der Waals surface area contributed by atoms with E-state index in [1.54, 1.807) is 0 Å². The third-order valence-electron chi connectivity index (χ3n) is 4.56. The number of carboxylic acids is 2. The second kappa shape index (κ2) is 11.4. The molecule has 9 nitrogen and oxygen atoms in total. The average Bonchev–Trinajstić information content (AvgIpc) is 2.75. The maximum atomic E-state index is 13.4. The van der Waals surface area contributed by atoms with Crippen LogP contribution in [0.25, 0.3) is 0 Å². The summed E-state index contributed by atoms with van der Waals surface area (Å²) < 4.78 is 196. The Morgan fingerprint density at radius 1 is 0.643 bits per heavy atom. The highest BCUT2D eigenvalue weighted by molar-refractivity contribution is 8.13. The zero-order valence-electron chi connectivity index (χ0n) is 19.0. The molecule has 0 aromatic heterocycles.